The first-order chi connectivity index (χ1) is 11.4. The van der Waals surface area contributed by atoms with Gasteiger partial charge in [0.05, 0.1) is 4.90 Å². The Morgan fingerprint density at radius 3 is 2.04 bits per heavy atom. The van der Waals surface area contributed by atoms with Gasteiger partial charge in [-0.05, 0) is 38.0 Å². The number of amides is 1. The van der Waals surface area contributed by atoms with E-state index in [2.05, 4.69) is 10.0 Å². The van der Waals surface area contributed by atoms with Gasteiger partial charge in [0, 0.05) is 6.04 Å². The van der Waals surface area contributed by atoms with Crippen LogP contribution >= 0.6 is 0 Å². The lowest BCUT2D eigenvalue weighted by atomic mass is 10.1. The Hall–Kier alpha value is -2.18. The minimum atomic E-state index is -3.77. The van der Waals surface area contributed by atoms with Gasteiger partial charge in [-0.3, -0.25) is 4.79 Å². The molecule has 2 aromatic rings. The molecule has 0 bridgehead atoms. The van der Waals surface area contributed by atoms with Crippen molar-refractivity contribution in [2.45, 2.75) is 37.2 Å². The summed E-state index contributed by atoms with van der Waals surface area (Å²) < 4.78 is 27.6. The largest absolute Gasteiger partial charge is 0.353 e. The molecule has 0 aromatic heterocycles. The fourth-order valence-electron chi connectivity index (χ4n) is 2.28. The molecule has 0 fully saturated rings. The van der Waals surface area contributed by atoms with Crippen molar-refractivity contribution in [1.82, 2.24) is 10.0 Å². The predicted molar refractivity (Wildman–Crippen MR) is 94.0 cm³/mol. The highest BCUT2D eigenvalue weighted by Crippen LogP contribution is 2.11. The van der Waals surface area contributed by atoms with Gasteiger partial charge in [0.15, 0.2) is 0 Å². The third-order valence-corrected chi connectivity index (χ3v) is 4.87. The molecule has 2 N–H and O–H groups in total. The Bertz CT molecular complexity index is 759. The van der Waals surface area contributed by atoms with Crippen molar-refractivity contribution in [3.05, 3.63) is 66.2 Å². The molecule has 1 atom stereocenters. The van der Waals surface area contributed by atoms with Gasteiger partial charge in [-0.2, -0.15) is 4.72 Å². The van der Waals surface area contributed by atoms with Crippen molar-refractivity contribution in [2.75, 3.05) is 0 Å². The fraction of sp³-hybridized carbons (Fsp3) is 0.278. The van der Waals surface area contributed by atoms with Crippen LogP contribution in [0.1, 0.15) is 19.4 Å². The van der Waals surface area contributed by atoms with E-state index < -0.39 is 16.1 Å². The second kappa shape index (κ2) is 8.08. The number of rotatable bonds is 7. The zero-order chi connectivity index (χ0) is 17.6. The molecule has 0 saturated carbocycles. The normalized spacial score (nSPS) is 12.8. The van der Waals surface area contributed by atoms with E-state index in [1.165, 1.54) is 12.1 Å². The SMILES string of the molecule is CC(C)NC(=O)[C@@H](Cc1ccccc1)NS(=O)(=O)c1ccccc1. The van der Waals surface area contributed by atoms with E-state index in [0.29, 0.717) is 0 Å². The number of nitrogens with one attached hydrogen (secondary N) is 2. The summed E-state index contributed by atoms with van der Waals surface area (Å²) in [7, 11) is -3.77. The summed E-state index contributed by atoms with van der Waals surface area (Å²) in [6.07, 6.45) is 0.283. The highest BCUT2D eigenvalue weighted by Gasteiger charge is 2.26. The lowest BCUT2D eigenvalue weighted by Crippen LogP contribution is -2.49. The maximum absolute atomic E-state index is 12.5. The molecule has 6 heteroatoms. The summed E-state index contributed by atoms with van der Waals surface area (Å²) >= 11 is 0. The summed E-state index contributed by atoms with van der Waals surface area (Å²) in [6.45, 7) is 3.67. The smallest absolute Gasteiger partial charge is 0.241 e. The standard InChI is InChI=1S/C18H22N2O3S/c1-14(2)19-18(21)17(13-15-9-5-3-6-10-15)20-24(22,23)16-11-7-4-8-12-16/h3-12,14,17,20H,13H2,1-2H3,(H,19,21)/t17-/m1/s1. The van der Waals surface area contributed by atoms with Crippen LogP contribution in [-0.2, 0) is 21.2 Å². The molecule has 0 saturated heterocycles. The highest BCUT2D eigenvalue weighted by atomic mass is 32.2. The van der Waals surface area contributed by atoms with Gasteiger partial charge in [0.2, 0.25) is 15.9 Å². The monoisotopic (exact) mass is 346 g/mol. The van der Waals surface area contributed by atoms with E-state index in [1.54, 1.807) is 18.2 Å². The summed E-state index contributed by atoms with van der Waals surface area (Å²) in [4.78, 5) is 12.6. The van der Waals surface area contributed by atoms with Gasteiger partial charge >= 0.3 is 0 Å². The fourth-order valence-corrected chi connectivity index (χ4v) is 3.49. The van der Waals surface area contributed by atoms with Crippen LogP contribution in [0.5, 0.6) is 0 Å². The summed E-state index contributed by atoms with van der Waals surface area (Å²) in [5.74, 6) is -0.339. The number of sulfonamides is 1. The average Bonchev–Trinajstić information content (AvgIpc) is 2.55. The van der Waals surface area contributed by atoms with Crippen LogP contribution < -0.4 is 10.0 Å². The van der Waals surface area contributed by atoms with Gasteiger partial charge in [0.1, 0.15) is 6.04 Å². The van der Waals surface area contributed by atoms with Crippen molar-refractivity contribution in [3.8, 4) is 0 Å². The molecule has 0 aliphatic carbocycles. The first kappa shape index (κ1) is 18.2. The highest BCUT2D eigenvalue weighted by molar-refractivity contribution is 7.89. The summed E-state index contributed by atoms with van der Waals surface area (Å²) in [5, 5.41) is 2.77. The summed E-state index contributed by atoms with van der Waals surface area (Å²) in [5.41, 5.74) is 0.886. The minimum absolute atomic E-state index is 0.0722. The number of benzene rings is 2. The quantitative estimate of drug-likeness (QED) is 0.806. The number of hydrogen-bond donors (Lipinski definition) is 2. The molecule has 5 nitrogen and oxygen atoms in total. The van der Waals surface area contributed by atoms with E-state index in [-0.39, 0.29) is 23.3 Å². The lowest BCUT2D eigenvalue weighted by molar-refractivity contribution is -0.123. The average molecular weight is 346 g/mol. The van der Waals surface area contributed by atoms with Crippen LogP contribution in [0.2, 0.25) is 0 Å². The third-order valence-electron chi connectivity index (χ3n) is 3.38. The molecule has 0 radical (unpaired) electrons. The van der Waals surface area contributed by atoms with Crippen LogP contribution in [0.3, 0.4) is 0 Å². The van der Waals surface area contributed by atoms with E-state index in [9.17, 15) is 13.2 Å². The Labute approximate surface area is 143 Å². The number of carbonyl (C=O) groups is 1. The van der Waals surface area contributed by atoms with Crippen molar-refractivity contribution in [3.63, 3.8) is 0 Å². The lowest BCUT2D eigenvalue weighted by Gasteiger charge is -2.20. The Morgan fingerprint density at radius 1 is 0.958 bits per heavy atom. The zero-order valence-corrected chi connectivity index (χ0v) is 14.6. The van der Waals surface area contributed by atoms with Gasteiger partial charge < -0.3 is 5.32 Å². The van der Waals surface area contributed by atoms with Crippen LogP contribution in [0.25, 0.3) is 0 Å². The third kappa shape index (κ3) is 5.18. The van der Waals surface area contributed by atoms with E-state index in [0.717, 1.165) is 5.56 Å². The van der Waals surface area contributed by atoms with Crippen LogP contribution in [0, 0.1) is 0 Å². The molecule has 2 aromatic carbocycles. The molecule has 0 heterocycles. The molecule has 0 aliphatic heterocycles. The van der Waals surface area contributed by atoms with Crippen molar-refractivity contribution in [1.29, 1.82) is 0 Å². The van der Waals surface area contributed by atoms with Gasteiger partial charge in [-0.15, -0.1) is 0 Å². The maximum Gasteiger partial charge on any atom is 0.241 e. The molecule has 0 spiro atoms. The summed E-state index contributed by atoms with van der Waals surface area (Å²) in [6, 6.07) is 16.4. The predicted octanol–water partition coefficient (Wildman–Crippen LogP) is 2.10. The molecule has 2 rings (SSSR count). The second-order valence-electron chi connectivity index (χ2n) is 5.84. The number of hydrogen-bond acceptors (Lipinski definition) is 3. The van der Waals surface area contributed by atoms with E-state index in [1.807, 2.05) is 44.2 Å². The van der Waals surface area contributed by atoms with Crippen molar-refractivity contribution in [2.24, 2.45) is 0 Å². The second-order valence-corrected chi connectivity index (χ2v) is 7.55. The van der Waals surface area contributed by atoms with Gasteiger partial charge in [-0.25, -0.2) is 8.42 Å². The molecule has 0 aliphatic rings. The van der Waals surface area contributed by atoms with E-state index in [4.69, 9.17) is 0 Å². The molecular weight excluding hydrogens is 324 g/mol. The Morgan fingerprint density at radius 2 is 1.50 bits per heavy atom. The first-order valence-corrected chi connectivity index (χ1v) is 9.28. The van der Waals surface area contributed by atoms with Crippen LogP contribution in [0.15, 0.2) is 65.6 Å². The topological polar surface area (TPSA) is 75.3 Å². The number of carbonyl (C=O) groups excluding carboxylic acids is 1. The van der Waals surface area contributed by atoms with Crippen LogP contribution in [-0.4, -0.2) is 26.4 Å². The molecule has 24 heavy (non-hydrogen) atoms. The van der Waals surface area contributed by atoms with Crippen LogP contribution in [0.4, 0.5) is 0 Å². The maximum atomic E-state index is 12.5. The van der Waals surface area contributed by atoms with Gasteiger partial charge in [0.25, 0.3) is 0 Å². The molecule has 128 valence electrons. The Kier molecular flexibility index (Phi) is 6.11. The van der Waals surface area contributed by atoms with Gasteiger partial charge in [-0.1, -0.05) is 48.5 Å². The molecule has 1 amide bonds. The zero-order valence-electron chi connectivity index (χ0n) is 13.8. The molecule has 0 unspecified atom stereocenters. The van der Waals surface area contributed by atoms with E-state index >= 15 is 0 Å². The van der Waals surface area contributed by atoms with Crippen molar-refractivity contribution >= 4 is 15.9 Å². The minimum Gasteiger partial charge on any atom is -0.353 e. The first-order valence-electron chi connectivity index (χ1n) is 7.80. The Balaban J connectivity index is 2.23. The van der Waals surface area contributed by atoms with Crippen molar-refractivity contribution < 1.29 is 13.2 Å². The molecular formula is C18H22N2O3S.